The molecule has 0 radical (unpaired) electrons. The fourth-order valence-corrected chi connectivity index (χ4v) is 2.56. The van der Waals surface area contributed by atoms with E-state index in [-0.39, 0.29) is 36.8 Å². The Balaban J connectivity index is 0.00000132. The lowest BCUT2D eigenvalue weighted by atomic mass is 10.0. The maximum atomic E-state index is 12.2. The second-order valence-electron chi connectivity index (χ2n) is 5.36. The van der Waals surface area contributed by atoms with E-state index in [9.17, 15) is 4.79 Å². The number of rotatable bonds is 3. The van der Waals surface area contributed by atoms with Gasteiger partial charge in [-0.15, -0.1) is 24.8 Å². The Kier molecular flexibility index (Phi) is 7.48. The van der Waals surface area contributed by atoms with Gasteiger partial charge in [-0.05, 0) is 38.4 Å². The van der Waals surface area contributed by atoms with Crippen molar-refractivity contribution in [3.63, 3.8) is 0 Å². The largest absolute Gasteiger partial charge is 0.355 e. The van der Waals surface area contributed by atoms with Gasteiger partial charge in [0.2, 0.25) is 0 Å². The number of halogens is 2. The molecule has 1 fully saturated rings. The van der Waals surface area contributed by atoms with Crippen LogP contribution in [0.3, 0.4) is 0 Å². The summed E-state index contributed by atoms with van der Waals surface area (Å²) < 4.78 is 5.23. The van der Waals surface area contributed by atoms with Crippen LogP contribution in [0.5, 0.6) is 0 Å². The quantitative estimate of drug-likeness (QED) is 0.880. The highest BCUT2D eigenvalue weighted by molar-refractivity contribution is 5.93. The van der Waals surface area contributed by atoms with Crippen molar-refractivity contribution in [3.8, 4) is 11.3 Å². The molecular formula is C15H20Cl2N4O2. The van der Waals surface area contributed by atoms with E-state index in [2.05, 4.69) is 27.7 Å². The van der Waals surface area contributed by atoms with Gasteiger partial charge in [0.15, 0.2) is 11.5 Å². The second-order valence-corrected chi connectivity index (χ2v) is 5.36. The van der Waals surface area contributed by atoms with E-state index in [1.807, 2.05) is 12.1 Å². The van der Waals surface area contributed by atoms with Crippen LogP contribution in [0.2, 0.25) is 0 Å². The number of hydrogen-bond donors (Lipinski definition) is 2. The zero-order chi connectivity index (χ0) is 14.7. The summed E-state index contributed by atoms with van der Waals surface area (Å²) in [5.74, 6) is 0.388. The average molecular weight is 359 g/mol. The molecule has 23 heavy (non-hydrogen) atoms. The smallest absolute Gasteiger partial charge is 0.273 e. The summed E-state index contributed by atoms with van der Waals surface area (Å²) in [6.07, 6.45) is 5.22. The average Bonchev–Trinajstić information content (AvgIpc) is 2.98. The lowest BCUT2D eigenvalue weighted by molar-refractivity contribution is 0.0916. The topological polar surface area (TPSA) is 80.1 Å². The summed E-state index contributed by atoms with van der Waals surface area (Å²) in [4.78, 5) is 16.1. The van der Waals surface area contributed by atoms with Gasteiger partial charge in [0.1, 0.15) is 0 Å². The van der Waals surface area contributed by atoms with E-state index in [1.54, 1.807) is 18.5 Å². The van der Waals surface area contributed by atoms with Crippen LogP contribution in [0.25, 0.3) is 11.3 Å². The number of aromatic nitrogens is 2. The number of pyridine rings is 1. The molecule has 2 N–H and O–H groups in total. The van der Waals surface area contributed by atoms with E-state index in [4.69, 9.17) is 4.52 Å². The Morgan fingerprint density at radius 2 is 2.09 bits per heavy atom. The number of piperidine rings is 1. The van der Waals surface area contributed by atoms with Gasteiger partial charge in [0, 0.05) is 36.1 Å². The molecule has 1 aliphatic heterocycles. The number of nitrogens with one attached hydrogen (secondary N) is 2. The Morgan fingerprint density at radius 3 is 2.78 bits per heavy atom. The van der Waals surface area contributed by atoms with Crippen molar-refractivity contribution in [1.82, 2.24) is 20.8 Å². The highest BCUT2D eigenvalue weighted by Crippen LogP contribution is 2.19. The first kappa shape index (κ1) is 19.4. The number of amides is 1. The zero-order valence-electron chi connectivity index (χ0n) is 12.7. The van der Waals surface area contributed by atoms with Gasteiger partial charge in [-0.2, -0.15) is 0 Å². The summed E-state index contributed by atoms with van der Waals surface area (Å²) >= 11 is 0. The summed E-state index contributed by atoms with van der Waals surface area (Å²) in [5.41, 5.74) is 1.17. The van der Waals surface area contributed by atoms with Crippen molar-refractivity contribution in [1.29, 1.82) is 0 Å². The van der Waals surface area contributed by atoms with E-state index >= 15 is 0 Å². The highest BCUT2D eigenvalue weighted by atomic mass is 35.5. The Labute approximate surface area is 147 Å². The minimum atomic E-state index is -0.182. The standard InChI is InChI=1S/C15H18N4O2.2ClH/c1-10-8-12(4-7-17-10)18-15(20)13-9-14(21-19-13)11-2-5-16-6-3-11;;/h2-3,5-6,9-10,12,17H,4,7-8H2,1H3,(H,18,20);2*1H. The van der Waals surface area contributed by atoms with Crippen molar-refractivity contribution < 1.29 is 9.32 Å². The molecule has 2 aromatic heterocycles. The normalized spacial score (nSPS) is 20.0. The summed E-state index contributed by atoms with van der Waals surface area (Å²) in [6, 6.07) is 5.91. The molecule has 126 valence electrons. The number of hydrogen-bond acceptors (Lipinski definition) is 5. The predicted molar refractivity (Wildman–Crippen MR) is 92.2 cm³/mol. The maximum Gasteiger partial charge on any atom is 0.273 e. The third-order valence-corrected chi connectivity index (χ3v) is 3.67. The SMILES string of the molecule is CC1CC(NC(=O)c2cc(-c3ccncc3)on2)CCN1.Cl.Cl. The molecule has 0 aliphatic carbocycles. The van der Waals surface area contributed by atoms with Crippen LogP contribution in [0.4, 0.5) is 0 Å². The Morgan fingerprint density at radius 1 is 1.35 bits per heavy atom. The van der Waals surface area contributed by atoms with Crippen molar-refractivity contribution in [2.24, 2.45) is 0 Å². The second kappa shape index (κ2) is 8.86. The first-order valence-electron chi connectivity index (χ1n) is 7.14. The van der Waals surface area contributed by atoms with Gasteiger partial charge >= 0.3 is 0 Å². The molecule has 1 saturated heterocycles. The first-order chi connectivity index (χ1) is 10.2. The first-order valence-corrected chi connectivity index (χ1v) is 7.14. The summed E-state index contributed by atoms with van der Waals surface area (Å²) in [7, 11) is 0. The van der Waals surface area contributed by atoms with Gasteiger partial charge in [-0.25, -0.2) is 0 Å². The molecule has 0 saturated carbocycles. The van der Waals surface area contributed by atoms with Gasteiger partial charge in [0.05, 0.1) is 0 Å². The van der Waals surface area contributed by atoms with E-state index in [0.717, 1.165) is 24.9 Å². The van der Waals surface area contributed by atoms with Crippen LogP contribution in [-0.4, -0.2) is 34.7 Å². The predicted octanol–water partition coefficient (Wildman–Crippen LogP) is 2.45. The van der Waals surface area contributed by atoms with Crippen molar-refractivity contribution in [3.05, 3.63) is 36.3 Å². The lowest BCUT2D eigenvalue weighted by Crippen LogP contribution is -2.46. The number of carbonyl (C=O) groups is 1. The molecule has 2 unspecified atom stereocenters. The molecular weight excluding hydrogens is 339 g/mol. The van der Waals surface area contributed by atoms with Gasteiger partial charge in [-0.3, -0.25) is 9.78 Å². The molecule has 3 rings (SSSR count). The fourth-order valence-electron chi connectivity index (χ4n) is 2.56. The monoisotopic (exact) mass is 358 g/mol. The van der Waals surface area contributed by atoms with Crippen LogP contribution < -0.4 is 10.6 Å². The minimum absolute atomic E-state index is 0. The van der Waals surface area contributed by atoms with Crippen molar-refractivity contribution in [2.75, 3.05) is 6.54 Å². The van der Waals surface area contributed by atoms with Gasteiger partial charge in [0.25, 0.3) is 5.91 Å². The van der Waals surface area contributed by atoms with E-state index < -0.39 is 0 Å². The highest BCUT2D eigenvalue weighted by Gasteiger charge is 2.22. The third-order valence-electron chi connectivity index (χ3n) is 3.67. The van der Waals surface area contributed by atoms with Gasteiger partial charge < -0.3 is 15.2 Å². The molecule has 3 heterocycles. The maximum absolute atomic E-state index is 12.2. The Hall–Kier alpha value is -1.63. The Bertz CT molecular complexity index is 621. The van der Waals surface area contributed by atoms with E-state index in [0.29, 0.717) is 17.5 Å². The van der Waals surface area contributed by atoms with Crippen LogP contribution in [0.1, 0.15) is 30.3 Å². The molecule has 2 aromatic rings. The number of carbonyl (C=O) groups excluding carboxylic acids is 1. The lowest BCUT2D eigenvalue weighted by Gasteiger charge is -2.28. The van der Waals surface area contributed by atoms with Crippen molar-refractivity contribution >= 4 is 30.7 Å². The molecule has 1 aliphatic rings. The van der Waals surface area contributed by atoms with Crippen LogP contribution in [-0.2, 0) is 0 Å². The molecule has 2 atom stereocenters. The van der Waals surface area contributed by atoms with Crippen LogP contribution in [0.15, 0.2) is 35.1 Å². The van der Waals surface area contributed by atoms with Crippen molar-refractivity contribution in [2.45, 2.75) is 31.8 Å². The zero-order valence-corrected chi connectivity index (χ0v) is 14.3. The third kappa shape index (κ3) is 4.92. The van der Waals surface area contributed by atoms with Gasteiger partial charge in [-0.1, -0.05) is 5.16 Å². The minimum Gasteiger partial charge on any atom is -0.355 e. The molecule has 0 bridgehead atoms. The molecule has 0 spiro atoms. The molecule has 1 amide bonds. The molecule has 8 heteroatoms. The summed E-state index contributed by atoms with van der Waals surface area (Å²) in [5, 5.41) is 10.2. The van der Waals surface area contributed by atoms with Crippen LogP contribution in [0, 0.1) is 0 Å². The van der Waals surface area contributed by atoms with E-state index in [1.165, 1.54) is 0 Å². The molecule has 0 aromatic carbocycles. The van der Waals surface area contributed by atoms with Crippen LogP contribution >= 0.6 is 24.8 Å². The molecule has 6 nitrogen and oxygen atoms in total. The summed E-state index contributed by atoms with van der Waals surface area (Å²) in [6.45, 7) is 3.04. The number of nitrogens with zero attached hydrogens (tertiary/aromatic N) is 2. The fraction of sp³-hybridized carbons (Fsp3) is 0.400.